The molecule has 8 nitrogen and oxygen atoms in total. The Bertz CT molecular complexity index is 1200. The molecule has 0 saturated carbocycles. The van der Waals surface area contributed by atoms with E-state index in [9.17, 15) is 22.7 Å². The van der Waals surface area contributed by atoms with E-state index < -0.39 is 21.7 Å². The highest BCUT2D eigenvalue weighted by Gasteiger charge is 2.28. The molecule has 1 amide bonds. The van der Waals surface area contributed by atoms with Crippen molar-refractivity contribution < 1.29 is 22.7 Å². The van der Waals surface area contributed by atoms with Gasteiger partial charge >= 0.3 is 0 Å². The van der Waals surface area contributed by atoms with Crippen LogP contribution in [0.15, 0.2) is 59.6 Å². The molecule has 1 saturated heterocycles. The summed E-state index contributed by atoms with van der Waals surface area (Å²) in [4.78, 5) is 12.6. The van der Waals surface area contributed by atoms with Crippen LogP contribution in [0.5, 0.6) is 5.75 Å². The minimum atomic E-state index is -3.70. The molecule has 0 aliphatic carbocycles. The number of nitrogens with one attached hydrogen (secondary N) is 1. The molecule has 1 aliphatic rings. The van der Waals surface area contributed by atoms with Gasteiger partial charge in [-0.2, -0.15) is 9.40 Å². The first-order valence-electron chi connectivity index (χ1n) is 9.31. The third kappa shape index (κ3) is 3.91. The number of rotatable bonds is 5. The van der Waals surface area contributed by atoms with Gasteiger partial charge in [0, 0.05) is 19.3 Å². The monoisotopic (exact) mass is 430 g/mol. The molecule has 1 fully saturated rings. The van der Waals surface area contributed by atoms with E-state index in [4.69, 9.17) is 0 Å². The molecule has 10 heteroatoms. The summed E-state index contributed by atoms with van der Waals surface area (Å²) in [6, 6.07) is 10.9. The van der Waals surface area contributed by atoms with Gasteiger partial charge in [0.15, 0.2) is 5.69 Å². The summed E-state index contributed by atoms with van der Waals surface area (Å²) in [5.41, 5.74) is 0.419. The quantitative estimate of drug-likeness (QED) is 0.606. The van der Waals surface area contributed by atoms with Gasteiger partial charge in [-0.1, -0.05) is 6.07 Å². The van der Waals surface area contributed by atoms with Crippen LogP contribution in [0.2, 0.25) is 0 Å². The number of sulfonamides is 1. The first-order chi connectivity index (χ1) is 14.3. The maximum Gasteiger partial charge on any atom is 0.276 e. The van der Waals surface area contributed by atoms with E-state index in [1.54, 1.807) is 6.07 Å². The molecule has 1 aromatic heterocycles. The fourth-order valence-corrected chi connectivity index (χ4v) is 4.79. The molecule has 0 unspecified atom stereocenters. The van der Waals surface area contributed by atoms with Gasteiger partial charge in [-0.05, 0) is 55.3 Å². The molecular formula is C20H19FN4O4S. The summed E-state index contributed by atoms with van der Waals surface area (Å²) < 4.78 is 41.6. The fraction of sp³-hybridized carbons (Fsp3) is 0.200. The number of benzene rings is 2. The molecule has 3 aromatic rings. The van der Waals surface area contributed by atoms with Crippen molar-refractivity contribution in [1.82, 2.24) is 14.1 Å². The van der Waals surface area contributed by atoms with E-state index in [2.05, 4.69) is 10.4 Å². The van der Waals surface area contributed by atoms with Crippen molar-refractivity contribution in [2.75, 3.05) is 18.4 Å². The number of halogens is 1. The van der Waals surface area contributed by atoms with Crippen molar-refractivity contribution >= 4 is 21.6 Å². The van der Waals surface area contributed by atoms with Gasteiger partial charge in [0.25, 0.3) is 5.91 Å². The number of carbonyl (C=O) groups excluding carboxylic acids is 1. The van der Waals surface area contributed by atoms with Crippen molar-refractivity contribution in [3.63, 3.8) is 0 Å². The first kappa shape index (κ1) is 20.0. The van der Waals surface area contributed by atoms with Crippen molar-refractivity contribution in [3.8, 4) is 11.4 Å². The lowest BCUT2D eigenvalue weighted by atomic mass is 10.3. The number of carbonyl (C=O) groups is 1. The largest absolute Gasteiger partial charge is 0.506 e. The molecule has 2 heterocycles. The van der Waals surface area contributed by atoms with Crippen LogP contribution in [0.1, 0.15) is 23.3 Å². The second-order valence-corrected chi connectivity index (χ2v) is 8.81. The molecule has 4 rings (SSSR count). The van der Waals surface area contributed by atoms with Gasteiger partial charge in [0.05, 0.1) is 16.3 Å². The van der Waals surface area contributed by atoms with Crippen LogP contribution >= 0.6 is 0 Å². The number of nitrogens with zero attached hydrogens (tertiary/aromatic N) is 3. The number of phenolic OH excluding ortho intramolecular Hbond substituents is 1. The normalized spacial score (nSPS) is 14.7. The van der Waals surface area contributed by atoms with Gasteiger partial charge in [-0.15, -0.1) is 0 Å². The Morgan fingerprint density at radius 1 is 1.10 bits per heavy atom. The minimum Gasteiger partial charge on any atom is -0.506 e. The lowest BCUT2D eigenvalue weighted by molar-refractivity contribution is 0.102. The molecule has 0 bridgehead atoms. The molecule has 30 heavy (non-hydrogen) atoms. The number of hydrogen-bond acceptors (Lipinski definition) is 5. The Morgan fingerprint density at radius 3 is 2.60 bits per heavy atom. The molecule has 0 spiro atoms. The summed E-state index contributed by atoms with van der Waals surface area (Å²) in [6.07, 6.45) is 3.10. The summed E-state index contributed by atoms with van der Waals surface area (Å²) >= 11 is 0. The van der Waals surface area contributed by atoms with Crippen LogP contribution in [-0.4, -0.2) is 46.6 Å². The van der Waals surface area contributed by atoms with Gasteiger partial charge in [-0.3, -0.25) is 4.79 Å². The molecule has 0 atom stereocenters. The standard InChI is InChI=1S/C20H19FN4O4S/c21-14-4-3-5-15(12-14)25-11-8-17(23-25)20(27)22-18-13-16(6-7-19(18)26)30(28,29)24-9-1-2-10-24/h3-8,11-13,26H,1-2,9-10H2,(H,22,27). The van der Waals surface area contributed by atoms with Crippen LogP contribution < -0.4 is 5.32 Å². The summed E-state index contributed by atoms with van der Waals surface area (Å²) in [7, 11) is -3.70. The third-order valence-corrected chi connectivity index (χ3v) is 6.71. The van der Waals surface area contributed by atoms with Crippen LogP contribution in [0.4, 0.5) is 10.1 Å². The number of aromatic hydroxyl groups is 1. The predicted molar refractivity (Wildman–Crippen MR) is 108 cm³/mol. The van der Waals surface area contributed by atoms with Gasteiger partial charge in [0.1, 0.15) is 11.6 Å². The van der Waals surface area contributed by atoms with Crippen molar-refractivity contribution in [2.45, 2.75) is 17.7 Å². The molecule has 156 valence electrons. The molecule has 2 aromatic carbocycles. The number of hydrogen-bond donors (Lipinski definition) is 2. The third-order valence-electron chi connectivity index (χ3n) is 4.81. The highest BCUT2D eigenvalue weighted by molar-refractivity contribution is 7.89. The maximum atomic E-state index is 13.4. The number of phenols is 1. The van der Waals surface area contributed by atoms with E-state index in [1.165, 1.54) is 57.6 Å². The van der Waals surface area contributed by atoms with Crippen LogP contribution in [0, 0.1) is 5.82 Å². The smallest absolute Gasteiger partial charge is 0.276 e. The topological polar surface area (TPSA) is 105 Å². The van der Waals surface area contributed by atoms with E-state index in [0.29, 0.717) is 18.8 Å². The van der Waals surface area contributed by atoms with Crippen molar-refractivity contribution in [3.05, 3.63) is 66.2 Å². The van der Waals surface area contributed by atoms with E-state index in [-0.39, 0.29) is 22.0 Å². The predicted octanol–water partition coefficient (Wildman–Crippen LogP) is 2.75. The Kier molecular flexibility index (Phi) is 5.27. The zero-order chi connectivity index (χ0) is 21.3. The molecular weight excluding hydrogens is 411 g/mol. The zero-order valence-corrected chi connectivity index (χ0v) is 16.6. The van der Waals surface area contributed by atoms with Crippen molar-refractivity contribution in [2.24, 2.45) is 0 Å². The lowest BCUT2D eigenvalue weighted by Gasteiger charge is -2.16. The highest BCUT2D eigenvalue weighted by atomic mass is 32.2. The summed E-state index contributed by atoms with van der Waals surface area (Å²) in [5.74, 6) is -1.35. The number of amides is 1. The fourth-order valence-electron chi connectivity index (χ4n) is 3.25. The Labute approximate surface area is 172 Å². The molecule has 1 aliphatic heterocycles. The number of aromatic nitrogens is 2. The molecule has 0 radical (unpaired) electrons. The van der Waals surface area contributed by atoms with E-state index >= 15 is 0 Å². The SMILES string of the molecule is O=C(Nc1cc(S(=O)(=O)N2CCCC2)ccc1O)c1ccn(-c2cccc(F)c2)n1. The Morgan fingerprint density at radius 2 is 1.87 bits per heavy atom. The minimum absolute atomic E-state index is 0.0113. The summed E-state index contributed by atoms with van der Waals surface area (Å²) in [5, 5.41) is 16.7. The summed E-state index contributed by atoms with van der Waals surface area (Å²) in [6.45, 7) is 0.894. The molecule has 2 N–H and O–H groups in total. The average Bonchev–Trinajstić information content (AvgIpc) is 3.42. The van der Waals surface area contributed by atoms with Gasteiger partial charge in [-0.25, -0.2) is 17.5 Å². The number of anilines is 1. The first-order valence-corrected chi connectivity index (χ1v) is 10.7. The van der Waals surface area contributed by atoms with Gasteiger partial charge in [0.2, 0.25) is 10.0 Å². The maximum absolute atomic E-state index is 13.4. The van der Waals surface area contributed by atoms with E-state index in [1.807, 2.05) is 0 Å². The lowest BCUT2D eigenvalue weighted by Crippen LogP contribution is -2.28. The van der Waals surface area contributed by atoms with E-state index in [0.717, 1.165) is 12.8 Å². The van der Waals surface area contributed by atoms with Gasteiger partial charge < -0.3 is 10.4 Å². The second kappa shape index (κ2) is 7.88. The average molecular weight is 430 g/mol. The Balaban J connectivity index is 1.56. The van der Waals surface area contributed by atoms with Crippen LogP contribution in [0.3, 0.4) is 0 Å². The van der Waals surface area contributed by atoms with Crippen LogP contribution in [-0.2, 0) is 10.0 Å². The zero-order valence-electron chi connectivity index (χ0n) is 15.8. The second-order valence-electron chi connectivity index (χ2n) is 6.87. The van der Waals surface area contributed by atoms with Crippen molar-refractivity contribution in [1.29, 1.82) is 0 Å². The highest BCUT2D eigenvalue weighted by Crippen LogP contribution is 2.29. The Hall–Kier alpha value is -3.24. The van der Waals surface area contributed by atoms with Crippen LogP contribution in [0.25, 0.3) is 5.69 Å².